The zero-order valence-corrected chi connectivity index (χ0v) is 18.0. The van der Waals surface area contributed by atoms with Crippen LogP contribution in [0.4, 0.5) is 10.5 Å². The van der Waals surface area contributed by atoms with Crippen LogP contribution in [-0.4, -0.2) is 22.3 Å². The number of hydrogen-bond acceptors (Lipinski definition) is 5. The number of aromatic hydroxyl groups is 1. The third-order valence-electron chi connectivity index (χ3n) is 4.10. The summed E-state index contributed by atoms with van der Waals surface area (Å²) in [6.45, 7) is 1.95. The minimum atomic E-state index is -0.657. The molecule has 0 aromatic heterocycles. The number of rotatable bonds is 8. The van der Waals surface area contributed by atoms with Crippen molar-refractivity contribution in [1.82, 2.24) is 5.48 Å². The summed E-state index contributed by atoms with van der Waals surface area (Å²) in [5, 5.41) is 21.4. The Balaban J connectivity index is 2.06. The van der Waals surface area contributed by atoms with E-state index in [4.69, 9.17) is 9.94 Å². The van der Waals surface area contributed by atoms with Gasteiger partial charge in [-0.05, 0) is 79.1 Å². The summed E-state index contributed by atoms with van der Waals surface area (Å²) in [5.41, 5.74) is 3.73. The van der Waals surface area contributed by atoms with Crippen molar-refractivity contribution in [2.75, 3.05) is 5.32 Å². The zero-order chi connectivity index (χ0) is 21.2. The lowest BCUT2D eigenvalue weighted by Gasteiger charge is -2.20. The highest BCUT2D eigenvalue weighted by Gasteiger charge is 2.20. The highest BCUT2D eigenvalue weighted by Crippen LogP contribution is 2.32. The highest BCUT2D eigenvalue weighted by atomic mass is 127. The number of nitrogens with one attached hydrogen (secondary N) is 2. The van der Waals surface area contributed by atoms with Crippen LogP contribution in [0.15, 0.2) is 54.6 Å². The first-order valence-corrected chi connectivity index (χ1v) is 10.1. The molecule has 0 heterocycles. The Morgan fingerprint density at radius 1 is 1.21 bits per heavy atom. The van der Waals surface area contributed by atoms with Gasteiger partial charge in [0.05, 0.1) is 0 Å². The summed E-state index contributed by atoms with van der Waals surface area (Å²) in [5.74, 6) is -0.556. The van der Waals surface area contributed by atoms with Gasteiger partial charge in [0.2, 0.25) is 0 Å². The van der Waals surface area contributed by atoms with E-state index < -0.39 is 18.1 Å². The van der Waals surface area contributed by atoms with Crippen LogP contribution >= 0.6 is 22.6 Å². The Hall–Kier alpha value is -2.59. The molecule has 154 valence electrons. The van der Waals surface area contributed by atoms with Crippen molar-refractivity contribution in [2.24, 2.45) is 0 Å². The molecule has 29 heavy (non-hydrogen) atoms. The molecule has 2 amide bonds. The predicted octanol–water partition coefficient (Wildman–Crippen LogP) is 4.83. The smallest absolute Gasteiger partial charge is 0.412 e. The number of phenols is 1. The monoisotopic (exact) mass is 510 g/mol. The molecule has 7 nitrogen and oxygen atoms in total. The van der Waals surface area contributed by atoms with Crippen LogP contribution in [-0.2, 0) is 9.53 Å². The van der Waals surface area contributed by atoms with Gasteiger partial charge in [-0.2, -0.15) is 0 Å². The Kier molecular flexibility index (Phi) is 8.94. The maximum atomic E-state index is 12.4. The van der Waals surface area contributed by atoms with E-state index in [0.717, 1.165) is 9.13 Å². The third-order valence-corrected chi connectivity index (χ3v) is 4.77. The largest absolute Gasteiger partial charge is 0.508 e. The second-order valence-electron chi connectivity index (χ2n) is 6.40. The number of unbranched alkanes of at least 4 members (excludes halogenated alkanes) is 1. The number of phenolic OH excluding ortho intramolecular Hbond substituents is 1. The van der Waals surface area contributed by atoms with E-state index in [0.29, 0.717) is 30.5 Å². The zero-order valence-electron chi connectivity index (χ0n) is 15.9. The summed E-state index contributed by atoms with van der Waals surface area (Å²) in [7, 11) is 0. The topological polar surface area (TPSA) is 108 Å². The Labute approximate surface area is 182 Å². The van der Waals surface area contributed by atoms with Gasteiger partial charge in [0.25, 0.3) is 5.91 Å². The fourth-order valence-corrected chi connectivity index (χ4v) is 3.14. The van der Waals surface area contributed by atoms with Gasteiger partial charge in [0.1, 0.15) is 11.9 Å². The number of ether oxygens (including phenoxy) is 1. The lowest BCUT2D eigenvalue weighted by atomic mass is 10.0. The van der Waals surface area contributed by atoms with Crippen molar-refractivity contribution < 1.29 is 24.6 Å². The molecule has 2 aromatic carbocycles. The molecule has 0 bridgehead atoms. The molecule has 0 aliphatic heterocycles. The number of benzene rings is 2. The molecule has 0 aliphatic rings. The van der Waals surface area contributed by atoms with Crippen molar-refractivity contribution in [3.05, 3.63) is 69.3 Å². The van der Waals surface area contributed by atoms with Crippen molar-refractivity contribution in [3.8, 4) is 5.75 Å². The number of hydroxylamine groups is 1. The average Bonchev–Trinajstić information content (AvgIpc) is 2.70. The van der Waals surface area contributed by atoms with Crippen molar-refractivity contribution in [1.29, 1.82) is 0 Å². The van der Waals surface area contributed by atoms with E-state index in [1.807, 2.05) is 19.1 Å². The molecule has 0 fully saturated rings. The second-order valence-corrected chi connectivity index (χ2v) is 7.64. The molecular formula is C21H23IN2O5. The quantitative estimate of drug-likeness (QED) is 0.134. The molecule has 1 atom stereocenters. The van der Waals surface area contributed by atoms with Gasteiger partial charge in [-0.15, -0.1) is 0 Å². The standard InChI is InChI=1S/C21H23IN2O5/c1-14-7-10-16(11-8-14)23-21(27)29-19(5-3-2-4-6-20(26)24-28)17-13-15(22)9-12-18(17)25/h4,6-13,19,25,28H,2-3,5H2,1H3,(H,23,27)(H,24,26)/b6-4+/t19-/m1/s1. The van der Waals surface area contributed by atoms with E-state index in [1.54, 1.807) is 36.4 Å². The fourth-order valence-electron chi connectivity index (χ4n) is 2.62. The predicted molar refractivity (Wildman–Crippen MR) is 118 cm³/mol. The van der Waals surface area contributed by atoms with Crippen molar-refractivity contribution in [3.63, 3.8) is 0 Å². The van der Waals surface area contributed by atoms with E-state index in [9.17, 15) is 14.7 Å². The summed E-state index contributed by atoms with van der Waals surface area (Å²) in [6, 6.07) is 12.4. The normalized spacial score (nSPS) is 11.8. The van der Waals surface area contributed by atoms with Crippen LogP contribution < -0.4 is 10.8 Å². The number of halogens is 1. The fraction of sp³-hybridized carbons (Fsp3) is 0.238. The van der Waals surface area contributed by atoms with Gasteiger partial charge in [0, 0.05) is 20.9 Å². The van der Waals surface area contributed by atoms with Crippen molar-refractivity contribution >= 4 is 40.3 Å². The number of aryl methyl sites for hydroxylation is 1. The summed E-state index contributed by atoms with van der Waals surface area (Å²) in [4.78, 5) is 23.4. The maximum absolute atomic E-state index is 12.4. The first-order chi connectivity index (χ1) is 13.9. The summed E-state index contributed by atoms with van der Waals surface area (Å²) < 4.78 is 6.50. The van der Waals surface area contributed by atoms with Gasteiger partial charge < -0.3 is 9.84 Å². The van der Waals surface area contributed by atoms with Crippen LogP contribution in [0, 0.1) is 10.5 Å². The van der Waals surface area contributed by atoms with Gasteiger partial charge in [-0.25, -0.2) is 10.3 Å². The third kappa shape index (κ3) is 7.74. The first kappa shape index (κ1) is 22.7. The van der Waals surface area contributed by atoms with Gasteiger partial charge in [-0.3, -0.25) is 15.3 Å². The Morgan fingerprint density at radius 2 is 1.93 bits per heavy atom. The molecule has 4 N–H and O–H groups in total. The summed E-state index contributed by atoms with van der Waals surface area (Å²) >= 11 is 2.13. The number of allylic oxidation sites excluding steroid dienone is 1. The maximum Gasteiger partial charge on any atom is 0.412 e. The van der Waals surface area contributed by atoms with Crippen LogP contribution in [0.1, 0.15) is 36.5 Å². The van der Waals surface area contributed by atoms with Crippen LogP contribution in [0.2, 0.25) is 0 Å². The van der Waals surface area contributed by atoms with E-state index in [-0.39, 0.29) is 5.75 Å². The minimum absolute atomic E-state index is 0.0498. The van der Waals surface area contributed by atoms with Crippen LogP contribution in [0.3, 0.4) is 0 Å². The number of carbonyl (C=O) groups excluding carboxylic acids is 2. The minimum Gasteiger partial charge on any atom is -0.508 e. The molecule has 8 heteroatoms. The van der Waals surface area contributed by atoms with Crippen molar-refractivity contribution in [2.45, 2.75) is 32.3 Å². The number of hydrogen-bond donors (Lipinski definition) is 4. The molecule has 0 unspecified atom stereocenters. The van der Waals surface area contributed by atoms with E-state index in [2.05, 4.69) is 27.9 Å². The van der Waals surface area contributed by atoms with Gasteiger partial charge in [0.15, 0.2) is 0 Å². The van der Waals surface area contributed by atoms with Gasteiger partial charge >= 0.3 is 6.09 Å². The molecular weight excluding hydrogens is 487 g/mol. The number of amides is 2. The SMILES string of the molecule is Cc1ccc(NC(=O)O[C@H](CCC/C=C/C(=O)NO)c2cc(I)ccc2O)cc1. The second kappa shape index (κ2) is 11.4. The number of carbonyl (C=O) groups is 2. The van der Waals surface area contributed by atoms with E-state index >= 15 is 0 Å². The van der Waals surface area contributed by atoms with Gasteiger partial charge in [-0.1, -0.05) is 23.8 Å². The lowest BCUT2D eigenvalue weighted by molar-refractivity contribution is -0.124. The number of anilines is 1. The van der Waals surface area contributed by atoms with Crippen LogP contribution in [0.5, 0.6) is 5.75 Å². The molecule has 0 saturated carbocycles. The molecule has 2 aromatic rings. The van der Waals surface area contributed by atoms with Crippen LogP contribution in [0.25, 0.3) is 0 Å². The van der Waals surface area contributed by atoms with E-state index in [1.165, 1.54) is 11.6 Å². The first-order valence-electron chi connectivity index (χ1n) is 9.02. The molecule has 0 aliphatic carbocycles. The Morgan fingerprint density at radius 3 is 2.62 bits per heavy atom. The summed E-state index contributed by atoms with van der Waals surface area (Å²) in [6.07, 6.45) is 3.15. The molecule has 0 saturated heterocycles. The Bertz CT molecular complexity index is 868. The molecule has 0 radical (unpaired) electrons. The molecule has 2 rings (SSSR count). The highest BCUT2D eigenvalue weighted by molar-refractivity contribution is 14.1. The average molecular weight is 510 g/mol. The lowest BCUT2D eigenvalue weighted by Crippen LogP contribution is -2.18. The molecule has 0 spiro atoms.